The highest BCUT2D eigenvalue weighted by Gasteiger charge is 2.43. The van der Waals surface area contributed by atoms with Gasteiger partial charge in [0.15, 0.2) is 18.5 Å². The summed E-state index contributed by atoms with van der Waals surface area (Å²) in [4.78, 5) is 64.7. The summed E-state index contributed by atoms with van der Waals surface area (Å²) in [5.74, 6) is -3.23. The van der Waals surface area contributed by atoms with E-state index in [4.69, 9.17) is 23.7 Å². The van der Waals surface area contributed by atoms with E-state index in [2.05, 4.69) is 0 Å². The Morgan fingerprint density at radius 3 is 1.39 bits per heavy atom. The lowest BCUT2D eigenvalue weighted by Gasteiger charge is -2.34. The van der Waals surface area contributed by atoms with Crippen molar-refractivity contribution in [1.29, 1.82) is 0 Å². The van der Waals surface area contributed by atoms with Gasteiger partial charge in [-0.1, -0.05) is 72.8 Å². The Labute approximate surface area is 296 Å². The van der Waals surface area contributed by atoms with Crippen molar-refractivity contribution in [3.63, 3.8) is 0 Å². The Morgan fingerprint density at radius 1 is 0.529 bits per heavy atom. The van der Waals surface area contributed by atoms with Crippen molar-refractivity contribution in [2.45, 2.75) is 57.2 Å². The van der Waals surface area contributed by atoms with Crippen LogP contribution in [0, 0.1) is 0 Å². The molecule has 0 bridgehead atoms. The summed E-state index contributed by atoms with van der Waals surface area (Å²) in [6, 6.07) is 32.1. The summed E-state index contributed by atoms with van der Waals surface area (Å²) in [7, 11) is 0. The molecule has 0 aliphatic carbocycles. The normalized spacial score (nSPS) is 13.1. The van der Waals surface area contributed by atoms with Crippen molar-refractivity contribution >= 4 is 29.7 Å². The lowest BCUT2D eigenvalue weighted by molar-refractivity contribution is -0.204. The third kappa shape index (κ3) is 12.3. The number of benzene rings is 4. The molecule has 0 heterocycles. The molecular formula is C40H40O11. The molecule has 4 aromatic carbocycles. The minimum Gasteiger partial charge on any atom is -0.462 e. The average Bonchev–Trinajstić information content (AvgIpc) is 3.16. The maximum absolute atomic E-state index is 13.6. The molecular weight excluding hydrogens is 656 g/mol. The minimum atomic E-state index is -1.90. The third-order valence-corrected chi connectivity index (χ3v) is 7.60. The van der Waals surface area contributed by atoms with Gasteiger partial charge in [0.25, 0.3) is 0 Å². The Morgan fingerprint density at radius 2 is 0.941 bits per heavy atom. The van der Waals surface area contributed by atoms with Crippen molar-refractivity contribution in [2.75, 3.05) is 13.2 Å². The second-order valence-corrected chi connectivity index (χ2v) is 11.5. The van der Waals surface area contributed by atoms with Crippen LogP contribution < -0.4 is 0 Å². The standard InChI is InChI=1S/C40H40O11/c1-28(41)16-14-15-26-47-40(46)35(51-39(45)32-23-12-5-13-24-32)34(50-38(44)31-21-10-4-11-22-31)33(49-37(43)30-19-8-3-9-20-30)25-27-48-36(42)29-17-6-2-7-18-29/h2-13,17-24,33-35,40,46H,14-16,25-27H2,1H3. The SMILES string of the molecule is CC(=O)CCCCOC(O)C(OC(=O)c1ccccc1)C(OC(=O)c1ccccc1)C(CCOC(=O)c1ccccc1)OC(=O)c1ccccc1. The van der Waals surface area contributed by atoms with E-state index < -0.39 is 48.5 Å². The summed E-state index contributed by atoms with van der Waals surface area (Å²) < 4.78 is 28.8. The summed E-state index contributed by atoms with van der Waals surface area (Å²) in [6.45, 7) is 1.10. The van der Waals surface area contributed by atoms with Gasteiger partial charge in [-0.05, 0) is 68.3 Å². The van der Waals surface area contributed by atoms with Crippen molar-refractivity contribution in [3.8, 4) is 0 Å². The highest BCUT2D eigenvalue weighted by Crippen LogP contribution is 2.24. The molecule has 0 fully saturated rings. The number of aliphatic hydroxyl groups excluding tert-OH is 1. The number of Topliss-reactive ketones (excluding diaryl/α,β-unsaturated/α-hetero) is 1. The molecule has 1 N–H and O–H groups in total. The van der Waals surface area contributed by atoms with Gasteiger partial charge in [0, 0.05) is 19.4 Å². The summed E-state index contributed by atoms with van der Waals surface area (Å²) in [6.07, 6.45) is -5.85. The Kier molecular flexibility index (Phi) is 15.1. The van der Waals surface area contributed by atoms with E-state index in [1.54, 1.807) is 84.9 Å². The number of aliphatic hydroxyl groups is 1. The monoisotopic (exact) mass is 696 g/mol. The molecule has 0 amide bonds. The lowest BCUT2D eigenvalue weighted by atomic mass is 10.0. The molecule has 0 saturated heterocycles. The van der Waals surface area contributed by atoms with Gasteiger partial charge in [-0.3, -0.25) is 0 Å². The van der Waals surface area contributed by atoms with Gasteiger partial charge in [0.2, 0.25) is 0 Å². The lowest BCUT2D eigenvalue weighted by Crippen LogP contribution is -2.52. The molecule has 0 saturated carbocycles. The third-order valence-electron chi connectivity index (χ3n) is 7.60. The zero-order valence-corrected chi connectivity index (χ0v) is 28.1. The van der Waals surface area contributed by atoms with E-state index in [1.165, 1.54) is 43.3 Å². The van der Waals surface area contributed by atoms with Crippen LogP contribution >= 0.6 is 0 Å². The van der Waals surface area contributed by atoms with Gasteiger partial charge in [-0.25, -0.2) is 19.2 Å². The largest absolute Gasteiger partial charge is 0.462 e. The molecule has 11 nitrogen and oxygen atoms in total. The fourth-order valence-electron chi connectivity index (χ4n) is 4.94. The van der Waals surface area contributed by atoms with Crippen molar-refractivity contribution < 1.29 is 52.8 Å². The smallest absolute Gasteiger partial charge is 0.338 e. The predicted octanol–water partition coefficient (Wildman–Crippen LogP) is 6.00. The fourth-order valence-corrected chi connectivity index (χ4v) is 4.94. The molecule has 11 heteroatoms. The van der Waals surface area contributed by atoms with Crippen molar-refractivity contribution in [3.05, 3.63) is 144 Å². The minimum absolute atomic E-state index is 0.00542. The van der Waals surface area contributed by atoms with Crippen LogP contribution in [0.1, 0.15) is 74.0 Å². The fraction of sp³-hybridized carbons (Fsp3) is 0.275. The molecule has 0 aliphatic heterocycles. The van der Waals surface area contributed by atoms with Crippen LogP contribution in [0.3, 0.4) is 0 Å². The Balaban J connectivity index is 1.70. The number of carbonyl (C=O) groups is 5. The number of unbranched alkanes of at least 4 members (excludes halogenated alkanes) is 1. The first-order chi connectivity index (χ1) is 24.7. The molecule has 0 aromatic heterocycles. The van der Waals surface area contributed by atoms with Crippen molar-refractivity contribution in [2.24, 2.45) is 0 Å². The van der Waals surface area contributed by atoms with E-state index in [0.29, 0.717) is 19.3 Å². The summed E-state index contributed by atoms with van der Waals surface area (Å²) in [5, 5.41) is 11.4. The predicted molar refractivity (Wildman–Crippen MR) is 185 cm³/mol. The zero-order chi connectivity index (χ0) is 36.4. The molecule has 4 rings (SSSR count). The maximum atomic E-state index is 13.6. The van der Waals surface area contributed by atoms with Crippen LogP contribution in [0.4, 0.5) is 0 Å². The Bertz CT molecular complexity index is 1700. The topological polar surface area (TPSA) is 152 Å². The van der Waals surface area contributed by atoms with E-state index in [9.17, 15) is 29.1 Å². The number of carbonyl (C=O) groups excluding carboxylic acids is 5. The highest BCUT2D eigenvalue weighted by molar-refractivity contribution is 5.91. The van der Waals surface area contributed by atoms with Crippen LogP contribution in [0.15, 0.2) is 121 Å². The molecule has 4 aromatic rings. The maximum Gasteiger partial charge on any atom is 0.338 e. The van der Waals surface area contributed by atoms with Gasteiger partial charge in [-0.2, -0.15) is 0 Å². The van der Waals surface area contributed by atoms with Gasteiger partial charge in [0.05, 0.1) is 28.9 Å². The van der Waals surface area contributed by atoms with Gasteiger partial charge in [0.1, 0.15) is 11.9 Å². The highest BCUT2D eigenvalue weighted by atomic mass is 16.7. The summed E-state index contributed by atoms with van der Waals surface area (Å²) >= 11 is 0. The Hall–Kier alpha value is -5.65. The number of ether oxygens (including phenoxy) is 5. The second-order valence-electron chi connectivity index (χ2n) is 11.5. The van der Waals surface area contributed by atoms with E-state index in [0.717, 1.165) is 0 Å². The van der Waals surface area contributed by atoms with Crippen LogP contribution in [0.5, 0.6) is 0 Å². The molecule has 0 radical (unpaired) electrons. The van der Waals surface area contributed by atoms with Gasteiger partial charge >= 0.3 is 23.9 Å². The van der Waals surface area contributed by atoms with Crippen LogP contribution in [-0.4, -0.2) is 72.6 Å². The first-order valence-electron chi connectivity index (χ1n) is 16.5. The average molecular weight is 697 g/mol. The quantitative estimate of drug-likeness (QED) is 0.0532. The number of ketones is 1. The molecule has 0 spiro atoms. The number of esters is 4. The van der Waals surface area contributed by atoms with Crippen LogP contribution in [0.25, 0.3) is 0 Å². The summed E-state index contributed by atoms with van der Waals surface area (Å²) in [5.41, 5.74) is 0.695. The molecule has 266 valence electrons. The molecule has 51 heavy (non-hydrogen) atoms. The first kappa shape index (κ1) is 38.2. The number of hydrogen-bond donors (Lipinski definition) is 1. The van der Waals surface area contributed by atoms with Crippen LogP contribution in [-0.2, 0) is 28.5 Å². The van der Waals surface area contributed by atoms with Crippen molar-refractivity contribution in [1.82, 2.24) is 0 Å². The first-order valence-corrected chi connectivity index (χ1v) is 16.5. The number of hydrogen-bond acceptors (Lipinski definition) is 11. The van der Waals surface area contributed by atoms with Crippen LogP contribution in [0.2, 0.25) is 0 Å². The van der Waals surface area contributed by atoms with E-state index in [1.807, 2.05) is 0 Å². The van der Waals surface area contributed by atoms with Gasteiger partial charge < -0.3 is 33.6 Å². The molecule has 4 unspecified atom stereocenters. The zero-order valence-electron chi connectivity index (χ0n) is 28.1. The van der Waals surface area contributed by atoms with E-state index in [-0.39, 0.29) is 47.7 Å². The molecule has 0 aliphatic rings. The van der Waals surface area contributed by atoms with Gasteiger partial charge in [-0.15, -0.1) is 0 Å². The number of rotatable bonds is 19. The second kappa shape index (κ2) is 20.1. The molecule has 4 atom stereocenters. The van der Waals surface area contributed by atoms with E-state index >= 15 is 0 Å².